The van der Waals surface area contributed by atoms with Gasteiger partial charge < -0.3 is 10.5 Å². The number of carbonyl (C=O) groups excluding carboxylic acids is 1. The Morgan fingerprint density at radius 3 is 2.87 bits per heavy atom. The van der Waals surface area contributed by atoms with Gasteiger partial charge in [-0.2, -0.15) is 0 Å². The molecule has 1 aromatic rings. The molecule has 15 heavy (non-hydrogen) atoms. The molecule has 0 radical (unpaired) electrons. The number of rotatable bonds is 5. The van der Waals surface area contributed by atoms with Crippen LogP contribution in [0.1, 0.15) is 23.7 Å². The number of ketones is 1. The second-order valence-electron chi connectivity index (χ2n) is 3.23. The Morgan fingerprint density at radius 1 is 1.60 bits per heavy atom. The molecule has 0 aliphatic rings. The molecular weight excluding hydrogens is 190 g/mol. The van der Waals surface area contributed by atoms with Gasteiger partial charge in [0.15, 0.2) is 5.78 Å². The van der Waals surface area contributed by atoms with Crippen molar-refractivity contribution in [3.8, 4) is 5.75 Å². The fourth-order valence-corrected chi connectivity index (χ4v) is 1.15. The van der Waals surface area contributed by atoms with E-state index in [0.29, 0.717) is 23.6 Å². The summed E-state index contributed by atoms with van der Waals surface area (Å²) in [6.07, 6.45) is 2.55. The van der Waals surface area contributed by atoms with E-state index < -0.39 is 0 Å². The SMILES string of the molecule is C=CCCOc1ccc(C(C)=O)cc1N. The van der Waals surface area contributed by atoms with Crippen molar-refractivity contribution >= 4 is 11.5 Å². The van der Waals surface area contributed by atoms with Crippen LogP contribution in [-0.2, 0) is 0 Å². The third-order valence-corrected chi connectivity index (χ3v) is 2.00. The van der Waals surface area contributed by atoms with Crippen LogP contribution >= 0.6 is 0 Å². The minimum atomic E-state index is -0.000610. The third kappa shape index (κ3) is 3.13. The van der Waals surface area contributed by atoms with Gasteiger partial charge in [-0.3, -0.25) is 4.79 Å². The average Bonchev–Trinajstić information content (AvgIpc) is 2.20. The number of Topliss-reactive ketones (excluding diaryl/α,β-unsaturated/α-hetero) is 1. The van der Waals surface area contributed by atoms with Gasteiger partial charge in [-0.15, -0.1) is 6.58 Å². The van der Waals surface area contributed by atoms with E-state index in [1.54, 1.807) is 24.3 Å². The van der Waals surface area contributed by atoms with E-state index in [9.17, 15) is 4.79 Å². The van der Waals surface area contributed by atoms with Crippen LogP contribution in [0.5, 0.6) is 5.75 Å². The standard InChI is InChI=1S/C12H15NO2/c1-3-4-7-15-12-6-5-10(9(2)14)8-11(12)13/h3,5-6,8H,1,4,7,13H2,2H3. The zero-order chi connectivity index (χ0) is 11.3. The molecule has 0 spiro atoms. The molecule has 3 heteroatoms. The molecule has 0 saturated carbocycles. The first-order chi connectivity index (χ1) is 7.15. The van der Waals surface area contributed by atoms with Gasteiger partial charge in [0.2, 0.25) is 0 Å². The minimum Gasteiger partial charge on any atom is -0.491 e. The van der Waals surface area contributed by atoms with Gasteiger partial charge >= 0.3 is 0 Å². The third-order valence-electron chi connectivity index (χ3n) is 2.00. The van der Waals surface area contributed by atoms with E-state index in [2.05, 4.69) is 6.58 Å². The first kappa shape index (κ1) is 11.3. The molecule has 1 aromatic carbocycles. The van der Waals surface area contributed by atoms with E-state index in [4.69, 9.17) is 10.5 Å². The zero-order valence-electron chi connectivity index (χ0n) is 8.82. The van der Waals surface area contributed by atoms with Gasteiger partial charge in [0.1, 0.15) is 5.75 Å². The predicted octanol–water partition coefficient (Wildman–Crippen LogP) is 2.43. The number of ether oxygens (including phenoxy) is 1. The van der Waals surface area contributed by atoms with Crippen molar-refractivity contribution in [3.63, 3.8) is 0 Å². The van der Waals surface area contributed by atoms with Gasteiger partial charge in [0.25, 0.3) is 0 Å². The number of benzene rings is 1. The molecule has 80 valence electrons. The monoisotopic (exact) mass is 205 g/mol. The summed E-state index contributed by atoms with van der Waals surface area (Å²) in [4.78, 5) is 11.1. The summed E-state index contributed by atoms with van der Waals surface area (Å²) in [6.45, 7) is 5.65. The van der Waals surface area contributed by atoms with Gasteiger partial charge in [0.05, 0.1) is 12.3 Å². The van der Waals surface area contributed by atoms with Crippen molar-refractivity contribution in [2.45, 2.75) is 13.3 Å². The fourth-order valence-electron chi connectivity index (χ4n) is 1.15. The smallest absolute Gasteiger partial charge is 0.159 e. The number of anilines is 1. The van der Waals surface area contributed by atoms with Gasteiger partial charge in [0, 0.05) is 5.56 Å². The Balaban J connectivity index is 2.74. The van der Waals surface area contributed by atoms with Crippen molar-refractivity contribution in [3.05, 3.63) is 36.4 Å². The molecule has 0 bridgehead atoms. The highest BCUT2D eigenvalue weighted by Gasteiger charge is 2.04. The average molecular weight is 205 g/mol. The molecule has 0 amide bonds. The van der Waals surface area contributed by atoms with E-state index in [1.165, 1.54) is 6.92 Å². The number of nitrogens with two attached hydrogens (primary N) is 1. The largest absolute Gasteiger partial charge is 0.491 e. The van der Waals surface area contributed by atoms with Crippen molar-refractivity contribution in [2.24, 2.45) is 0 Å². The molecule has 1 rings (SSSR count). The Hall–Kier alpha value is -1.77. The van der Waals surface area contributed by atoms with Gasteiger partial charge in [-0.25, -0.2) is 0 Å². The van der Waals surface area contributed by atoms with Crippen LogP contribution in [-0.4, -0.2) is 12.4 Å². The second-order valence-corrected chi connectivity index (χ2v) is 3.23. The van der Waals surface area contributed by atoms with Crippen molar-refractivity contribution < 1.29 is 9.53 Å². The molecule has 0 aliphatic heterocycles. The Bertz CT molecular complexity index is 372. The van der Waals surface area contributed by atoms with E-state index in [1.807, 2.05) is 0 Å². The lowest BCUT2D eigenvalue weighted by molar-refractivity contribution is 0.101. The Labute approximate surface area is 89.5 Å². The van der Waals surface area contributed by atoms with E-state index in [-0.39, 0.29) is 5.78 Å². The highest BCUT2D eigenvalue weighted by atomic mass is 16.5. The molecule has 2 N–H and O–H groups in total. The quantitative estimate of drug-likeness (QED) is 0.347. The summed E-state index contributed by atoms with van der Waals surface area (Å²) >= 11 is 0. The van der Waals surface area contributed by atoms with Crippen LogP contribution < -0.4 is 10.5 Å². The molecule has 0 fully saturated rings. The molecule has 0 aromatic heterocycles. The number of nitrogen functional groups attached to an aromatic ring is 1. The maximum Gasteiger partial charge on any atom is 0.159 e. The summed E-state index contributed by atoms with van der Waals surface area (Å²) in [7, 11) is 0. The van der Waals surface area contributed by atoms with Crippen LogP contribution in [0.15, 0.2) is 30.9 Å². The first-order valence-electron chi connectivity index (χ1n) is 4.79. The zero-order valence-corrected chi connectivity index (χ0v) is 8.82. The maximum absolute atomic E-state index is 11.1. The fraction of sp³-hybridized carbons (Fsp3) is 0.250. The molecule has 3 nitrogen and oxygen atoms in total. The van der Waals surface area contributed by atoms with Crippen LogP contribution in [0.4, 0.5) is 5.69 Å². The topological polar surface area (TPSA) is 52.3 Å². The molecule has 0 atom stereocenters. The van der Waals surface area contributed by atoms with Crippen LogP contribution in [0, 0.1) is 0 Å². The van der Waals surface area contributed by atoms with Crippen LogP contribution in [0.3, 0.4) is 0 Å². The minimum absolute atomic E-state index is 0.000610. The summed E-state index contributed by atoms with van der Waals surface area (Å²) in [5.41, 5.74) is 6.83. The summed E-state index contributed by atoms with van der Waals surface area (Å²) < 4.78 is 5.40. The van der Waals surface area contributed by atoms with Gasteiger partial charge in [-0.05, 0) is 31.5 Å². The first-order valence-corrected chi connectivity index (χ1v) is 4.79. The number of hydrogen-bond acceptors (Lipinski definition) is 3. The van der Waals surface area contributed by atoms with Crippen molar-refractivity contribution in [2.75, 3.05) is 12.3 Å². The highest BCUT2D eigenvalue weighted by molar-refractivity contribution is 5.95. The van der Waals surface area contributed by atoms with E-state index >= 15 is 0 Å². The summed E-state index contributed by atoms with van der Waals surface area (Å²) in [5.74, 6) is 0.612. The lowest BCUT2D eigenvalue weighted by Gasteiger charge is -2.08. The van der Waals surface area contributed by atoms with Gasteiger partial charge in [-0.1, -0.05) is 6.08 Å². The molecule has 0 aliphatic carbocycles. The Kier molecular flexibility index (Phi) is 3.92. The number of carbonyl (C=O) groups is 1. The number of hydrogen-bond donors (Lipinski definition) is 1. The molecular formula is C12H15NO2. The maximum atomic E-state index is 11.1. The van der Waals surface area contributed by atoms with E-state index in [0.717, 1.165) is 6.42 Å². The molecule has 0 unspecified atom stereocenters. The summed E-state index contributed by atoms with van der Waals surface area (Å²) in [5, 5.41) is 0. The van der Waals surface area contributed by atoms with Crippen LogP contribution in [0.25, 0.3) is 0 Å². The normalized spacial score (nSPS) is 9.67. The van der Waals surface area contributed by atoms with Crippen molar-refractivity contribution in [1.29, 1.82) is 0 Å². The lowest BCUT2D eigenvalue weighted by atomic mass is 10.1. The summed E-state index contributed by atoms with van der Waals surface area (Å²) in [6, 6.07) is 5.06. The molecule has 0 saturated heterocycles. The van der Waals surface area contributed by atoms with Crippen LogP contribution in [0.2, 0.25) is 0 Å². The predicted molar refractivity (Wildman–Crippen MR) is 61.2 cm³/mol. The highest BCUT2D eigenvalue weighted by Crippen LogP contribution is 2.22. The van der Waals surface area contributed by atoms with Crippen molar-refractivity contribution in [1.82, 2.24) is 0 Å². The second kappa shape index (κ2) is 5.20. The lowest BCUT2D eigenvalue weighted by Crippen LogP contribution is -2.01. The Morgan fingerprint density at radius 2 is 2.33 bits per heavy atom. The molecule has 0 heterocycles.